The average Bonchev–Trinajstić information content (AvgIpc) is 3.27. The number of aromatic nitrogens is 1. The van der Waals surface area contributed by atoms with Crippen LogP contribution in [-0.4, -0.2) is 64.6 Å². The third kappa shape index (κ3) is 6.51. The summed E-state index contributed by atoms with van der Waals surface area (Å²) in [5.74, 6) is 0.267. The van der Waals surface area contributed by atoms with E-state index < -0.39 is 0 Å². The Morgan fingerprint density at radius 2 is 1.79 bits per heavy atom. The number of rotatable bonds is 8. The van der Waals surface area contributed by atoms with Crippen LogP contribution in [0.5, 0.6) is 0 Å². The monoisotopic (exact) mass is 448 g/mol. The molecular formula is C26H32N4O3. The van der Waals surface area contributed by atoms with Gasteiger partial charge in [0.2, 0.25) is 5.89 Å². The number of carbonyl (C=O) groups is 1. The number of hydrogen-bond acceptors (Lipinski definition) is 6. The van der Waals surface area contributed by atoms with E-state index in [4.69, 9.17) is 4.42 Å². The standard InChI is InChI=1S/C26H32N4O3/c1-19-8-9-22(14-20(19)2)27-26(32)24-18-33-25(28-24)17-30-12-10-29(11-13-30)16-23(31)15-21-6-4-3-5-7-21/h3-9,14,18,23,31H,10-13,15-17H2,1-2H3,(H,27,32). The number of oxazole rings is 1. The van der Waals surface area contributed by atoms with E-state index in [1.807, 2.05) is 62.4 Å². The van der Waals surface area contributed by atoms with E-state index in [0.29, 0.717) is 25.4 Å². The highest BCUT2D eigenvalue weighted by Crippen LogP contribution is 2.16. The Balaban J connectivity index is 1.22. The average molecular weight is 449 g/mol. The highest BCUT2D eigenvalue weighted by Gasteiger charge is 2.21. The van der Waals surface area contributed by atoms with Crippen LogP contribution in [0, 0.1) is 13.8 Å². The molecule has 33 heavy (non-hydrogen) atoms. The van der Waals surface area contributed by atoms with Gasteiger partial charge in [-0.2, -0.15) is 0 Å². The fraction of sp³-hybridized carbons (Fsp3) is 0.385. The summed E-state index contributed by atoms with van der Waals surface area (Å²) in [6.07, 6.45) is 1.72. The van der Waals surface area contributed by atoms with E-state index in [9.17, 15) is 9.90 Å². The summed E-state index contributed by atoms with van der Waals surface area (Å²) in [4.78, 5) is 21.5. The Morgan fingerprint density at radius 1 is 1.06 bits per heavy atom. The van der Waals surface area contributed by atoms with Crippen molar-refractivity contribution in [1.82, 2.24) is 14.8 Å². The lowest BCUT2D eigenvalue weighted by Gasteiger charge is -2.35. The number of β-amino-alcohol motifs (C(OH)–C–C–N with tert-alkyl or cyclic N) is 1. The minimum absolute atomic E-state index is 0.273. The molecule has 0 radical (unpaired) electrons. The Kier molecular flexibility index (Phi) is 7.54. The van der Waals surface area contributed by atoms with Gasteiger partial charge in [-0.15, -0.1) is 0 Å². The van der Waals surface area contributed by atoms with Crippen molar-refractivity contribution in [2.45, 2.75) is 32.9 Å². The Morgan fingerprint density at radius 3 is 2.52 bits per heavy atom. The Hall–Kier alpha value is -3.00. The number of anilines is 1. The molecule has 1 saturated heterocycles. The van der Waals surface area contributed by atoms with Crippen molar-refractivity contribution in [3.63, 3.8) is 0 Å². The summed E-state index contributed by atoms with van der Waals surface area (Å²) < 4.78 is 5.56. The first-order valence-corrected chi connectivity index (χ1v) is 11.5. The van der Waals surface area contributed by atoms with E-state index in [1.165, 1.54) is 11.8 Å². The highest BCUT2D eigenvalue weighted by molar-refractivity contribution is 6.02. The molecule has 3 aromatic rings. The smallest absolute Gasteiger partial charge is 0.277 e. The third-order valence-corrected chi connectivity index (χ3v) is 6.16. The van der Waals surface area contributed by atoms with Gasteiger partial charge in [-0.1, -0.05) is 36.4 Å². The van der Waals surface area contributed by atoms with Crippen LogP contribution in [0.3, 0.4) is 0 Å². The van der Waals surface area contributed by atoms with Crippen molar-refractivity contribution in [1.29, 1.82) is 0 Å². The first-order valence-electron chi connectivity index (χ1n) is 11.5. The number of aryl methyl sites for hydroxylation is 2. The van der Waals surface area contributed by atoms with Gasteiger partial charge in [0.15, 0.2) is 5.69 Å². The molecule has 7 nitrogen and oxygen atoms in total. The molecule has 2 heterocycles. The van der Waals surface area contributed by atoms with Gasteiger partial charge < -0.3 is 14.8 Å². The van der Waals surface area contributed by atoms with E-state index in [2.05, 4.69) is 20.1 Å². The van der Waals surface area contributed by atoms with E-state index >= 15 is 0 Å². The number of carbonyl (C=O) groups excluding carboxylic acids is 1. The Bertz CT molecular complexity index is 1060. The van der Waals surface area contributed by atoms with Gasteiger partial charge in [0.05, 0.1) is 12.6 Å². The van der Waals surface area contributed by atoms with Crippen molar-refractivity contribution in [3.8, 4) is 0 Å². The molecule has 0 spiro atoms. The lowest BCUT2D eigenvalue weighted by atomic mass is 10.1. The first-order chi connectivity index (χ1) is 16.0. The lowest BCUT2D eigenvalue weighted by Crippen LogP contribution is -2.48. The second-order valence-electron chi connectivity index (χ2n) is 8.80. The van der Waals surface area contributed by atoms with Crippen LogP contribution in [0.4, 0.5) is 5.69 Å². The maximum absolute atomic E-state index is 12.5. The van der Waals surface area contributed by atoms with Gasteiger partial charge in [0.25, 0.3) is 5.91 Å². The van der Waals surface area contributed by atoms with Gasteiger partial charge in [-0.25, -0.2) is 4.98 Å². The van der Waals surface area contributed by atoms with Crippen LogP contribution in [0.2, 0.25) is 0 Å². The fourth-order valence-electron chi connectivity index (χ4n) is 4.07. The van der Waals surface area contributed by atoms with Gasteiger partial charge in [-0.05, 0) is 49.1 Å². The highest BCUT2D eigenvalue weighted by atomic mass is 16.3. The maximum Gasteiger partial charge on any atom is 0.277 e. The number of piperazine rings is 1. The molecule has 1 unspecified atom stereocenters. The van der Waals surface area contributed by atoms with Gasteiger partial charge in [0.1, 0.15) is 6.26 Å². The zero-order chi connectivity index (χ0) is 23.2. The van der Waals surface area contributed by atoms with Crippen molar-refractivity contribution >= 4 is 11.6 Å². The molecule has 0 aliphatic carbocycles. The number of nitrogens with one attached hydrogen (secondary N) is 1. The second-order valence-corrected chi connectivity index (χ2v) is 8.80. The molecule has 7 heteroatoms. The van der Waals surface area contributed by atoms with Gasteiger partial charge in [-0.3, -0.25) is 14.6 Å². The molecule has 1 atom stereocenters. The number of aliphatic hydroxyl groups excluding tert-OH is 1. The van der Waals surface area contributed by atoms with Crippen LogP contribution in [-0.2, 0) is 13.0 Å². The predicted octanol–water partition coefficient (Wildman–Crippen LogP) is 3.26. The summed E-state index contributed by atoms with van der Waals surface area (Å²) in [5.41, 5.74) is 4.50. The minimum atomic E-state index is -0.371. The quantitative estimate of drug-likeness (QED) is 0.551. The van der Waals surface area contributed by atoms with E-state index in [-0.39, 0.29) is 17.7 Å². The van der Waals surface area contributed by atoms with Crippen LogP contribution < -0.4 is 5.32 Å². The van der Waals surface area contributed by atoms with Crippen molar-refractivity contribution < 1.29 is 14.3 Å². The molecule has 2 aromatic carbocycles. The van der Waals surface area contributed by atoms with Crippen LogP contribution >= 0.6 is 0 Å². The fourth-order valence-corrected chi connectivity index (χ4v) is 4.07. The molecule has 2 N–H and O–H groups in total. The summed E-state index contributed by atoms with van der Waals surface area (Å²) in [6.45, 7) is 8.79. The van der Waals surface area contributed by atoms with Crippen LogP contribution in [0.1, 0.15) is 33.1 Å². The topological polar surface area (TPSA) is 81.8 Å². The Labute approximate surface area is 195 Å². The summed E-state index contributed by atoms with van der Waals surface area (Å²) in [5, 5.41) is 13.3. The predicted molar refractivity (Wildman–Crippen MR) is 128 cm³/mol. The second kappa shape index (κ2) is 10.7. The molecule has 1 aromatic heterocycles. The number of hydrogen-bond donors (Lipinski definition) is 2. The maximum atomic E-state index is 12.5. The molecule has 174 valence electrons. The van der Waals surface area contributed by atoms with Crippen LogP contribution in [0.25, 0.3) is 0 Å². The van der Waals surface area contributed by atoms with Crippen molar-refractivity contribution in [2.75, 3.05) is 38.0 Å². The molecule has 4 rings (SSSR count). The first kappa shape index (κ1) is 23.2. The molecular weight excluding hydrogens is 416 g/mol. The summed E-state index contributed by atoms with van der Waals surface area (Å²) >= 11 is 0. The van der Waals surface area contributed by atoms with E-state index in [0.717, 1.165) is 43.0 Å². The number of nitrogens with zero attached hydrogens (tertiary/aromatic N) is 3. The largest absolute Gasteiger partial charge is 0.447 e. The summed E-state index contributed by atoms with van der Waals surface area (Å²) in [6, 6.07) is 15.9. The lowest BCUT2D eigenvalue weighted by molar-refractivity contribution is 0.0675. The SMILES string of the molecule is Cc1ccc(NC(=O)c2coc(CN3CCN(CC(O)Cc4ccccc4)CC3)n2)cc1C. The van der Waals surface area contributed by atoms with E-state index in [1.54, 1.807) is 0 Å². The molecule has 0 saturated carbocycles. The molecule has 1 fully saturated rings. The zero-order valence-electron chi connectivity index (χ0n) is 19.3. The molecule has 1 aliphatic heterocycles. The number of benzene rings is 2. The molecule has 0 bridgehead atoms. The molecule has 1 aliphatic rings. The van der Waals surface area contributed by atoms with Gasteiger partial charge in [0, 0.05) is 38.4 Å². The zero-order valence-corrected chi connectivity index (χ0v) is 19.3. The van der Waals surface area contributed by atoms with Crippen LogP contribution in [0.15, 0.2) is 59.2 Å². The van der Waals surface area contributed by atoms with Crippen molar-refractivity contribution in [3.05, 3.63) is 83.1 Å². The minimum Gasteiger partial charge on any atom is -0.447 e. The summed E-state index contributed by atoms with van der Waals surface area (Å²) in [7, 11) is 0. The third-order valence-electron chi connectivity index (χ3n) is 6.16. The molecule has 1 amide bonds. The van der Waals surface area contributed by atoms with Gasteiger partial charge >= 0.3 is 0 Å². The number of amides is 1. The number of aliphatic hydroxyl groups is 1. The normalized spacial score (nSPS) is 16.0. The van der Waals surface area contributed by atoms with Crippen molar-refractivity contribution in [2.24, 2.45) is 0 Å².